The van der Waals surface area contributed by atoms with Crippen molar-refractivity contribution in [1.82, 2.24) is 10.3 Å². The van der Waals surface area contributed by atoms with Crippen LogP contribution in [0.2, 0.25) is 0 Å². The summed E-state index contributed by atoms with van der Waals surface area (Å²) >= 11 is 0. The zero-order chi connectivity index (χ0) is 14.5. The SMILES string of the molecule is CCNC(Cc1cc(F)ccc1F)c1ccnc(C)c1. The zero-order valence-corrected chi connectivity index (χ0v) is 11.7. The number of pyridine rings is 1. The highest BCUT2D eigenvalue weighted by Crippen LogP contribution is 2.21. The quantitative estimate of drug-likeness (QED) is 0.903. The van der Waals surface area contributed by atoms with E-state index in [1.54, 1.807) is 6.20 Å². The number of aryl methyl sites for hydroxylation is 1. The Hall–Kier alpha value is -1.81. The van der Waals surface area contributed by atoms with E-state index in [0.29, 0.717) is 12.0 Å². The van der Waals surface area contributed by atoms with Crippen molar-refractivity contribution in [1.29, 1.82) is 0 Å². The monoisotopic (exact) mass is 276 g/mol. The fourth-order valence-electron chi connectivity index (χ4n) is 2.26. The molecule has 4 heteroatoms. The van der Waals surface area contributed by atoms with Gasteiger partial charge in [0.2, 0.25) is 0 Å². The second kappa shape index (κ2) is 6.57. The standard InChI is InChI=1S/C16H18F2N2/c1-3-19-16(12-6-7-20-11(2)8-12)10-13-9-14(17)4-5-15(13)18/h4-9,16,19H,3,10H2,1-2H3. The van der Waals surface area contributed by atoms with Crippen molar-refractivity contribution in [2.24, 2.45) is 0 Å². The Labute approximate surface area is 117 Å². The number of nitrogens with one attached hydrogen (secondary N) is 1. The molecule has 0 spiro atoms. The third kappa shape index (κ3) is 3.61. The Morgan fingerprint density at radius 3 is 2.70 bits per heavy atom. The van der Waals surface area contributed by atoms with Gasteiger partial charge in [-0.25, -0.2) is 8.78 Å². The van der Waals surface area contributed by atoms with Crippen LogP contribution in [-0.4, -0.2) is 11.5 Å². The minimum Gasteiger partial charge on any atom is -0.310 e. The van der Waals surface area contributed by atoms with Gasteiger partial charge in [0.05, 0.1) is 0 Å². The van der Waals surface area contributed by atoms with Crippen molar-refractivity contribution in [3.8, 4) is 0 Å². The fraction of sp³-hybridized carbons (Fsp3) is 0.312. The van der Waals surface area contributed by atoms with E-state index in [2.05, 4.69) is 10.3 Å². The predicted molar refractivity (Wildman–Crippen MR) is 75.5 cm³/mol. The van der Waals surface area contributed by atoms with Crippen molar-refractivity contribution in [3.63, 3.8) is 0 Å². The van der Waals surface area contributed by atoms with Crippen LogP contribution in [0.1, 0.15) is 29.8 Å². The topological polar surface area (TPSA) is 24.9 Å². The summed E-state index contributed by atoms with van der Waals surface area (Å²) in [5, 5.41) is 3.30. The van der Waals surface area contributed by atoms with Crippen LogP contribution in [0.25, 0.3) is 0 Å². The minimum atomic E-state index is -0.414. The van der Waals surface area contributed by atoms with Crippen LogP contribution < -0.4 is 5.32 Å². The maximum Gasteiger partial charge on any atom is 0.126 e. The normalized spacial score (nSPS) is 12.4. The van der Waals surface area contributed by atoms with Gasteiger partial charge in [0.15, 0.2) is 0 Å². The van der Waals surface area contributed by atoms with E-state index < -0.39 is 5.82 Å². The second-order valence-electron chi connectivity index (χ2n) is 4.78. The summed E-state index contributed by atoms with van der Waals surface area (Å²) in [4.78, 5) is 4.16. The molecule has 1 unspecified atom stereocenters. The van der Waals surface area contributed by atoms with E-state index in [9.17, 15) is 8.78 Å². The molecular formula is C16H18F2N2. The first-order chi connectivity index (χ1) is 9.60. The number of rotatable bonds is 5. The molecule has 0 amide bonds. The van der Waals surface area contributed by atoms with Gasteiger partial charge >= 0.3 is 0 Å². The third-order valence-corrected chi connectivity index (χ3v) is 3.21. The first-order valence-electron chi connectivity index (χ1n) is 6.70. The van der Waals surface area contributed by atoms with Crippen LogP contribution in [0.5, 0.6) is 0 Å². The Balaban J connectivity index is 2.27. The Morgan fingerprint density at radius 2 is 2.00 bits per heavy atom. The predicted octanol–water partition coefficient (Wildman–Crippen LogP) is 3.56. The zero-order valence-electron chi connectivity index (χ0n) is 11.7. The van der Waals surface area contributed by atoms with Crippen molar-refractivity contribution in [3.05, 3.63) is 65.0 Å². The van der Waals surface area contributed by atoms with Gasteiger partial charge in [0, 0.05) is 17.9 Å². The minimum absolute atomic E-state index is 0.0574. The summed E-state index contributed by atoms with van der Waals surface area (Å²) in [7, 11) is 0. The van der Waals surface area contributed by atoms with Gasteiger partial charge < -0.3 is 5.32 Å². The maximum atomic E-state index is 13.8. The summed E-state index contributed by atoms with van der Waals surface area (Å²) in [6.07, 6.45) is 2.14. The Kier molecular flexibility index (Phi) is 4.79. The molecule has 0 radical (unpaired) electrons. The van der Waals surface area contributed by atoms with Crippen molar-refractivity contribution in [2.75, 3.05) is 6.54 Å². The highest BCUT2D eigenvalue weighted by atomic mass is 19.1. The molecule has 0 fully saturated rings. The highest BCUT2D eigenvalue weighted by Gasteiger charge is 2.14. The molecule has 0 saturated carbocycles. The summed E-state index contributed by atoms with van der Waals surface area (Å²) in [6.45, 7) is 4.65. The molecule has 2 aromatic rings. The summed E-state index contributed by atoms with van der Waals surface area (Å²) < 4.78 is 27.0. The van der Waals surface area contributed by atoms with Crippen LogP contribution in [0, 0.1) is 18.6 Å². The Bertz CT molecular complexity index is 584. The van der Waals surface area contributed by atoms with E-state index >= 15 is 0 Å². The lowest BCUT2D eigenvalue weighted by Gasteiger charge is -2.19. The maximum absolute atomic E-state index is 13.8. The number of hydrogen-bond acceptors (Lipinski definition) is 2. The number of hydrogen-bond donors (Lipinski definition) is 1. The lowest BCUT2D eigenvalue weighted by molar-refractivity contribution is 0.521. The number of likely N-dealkylation sites (N-methyl/N-ethyl adjacent to an activating group) is 1. The lowest BCUT2D eigenvalue weighted by atomic mass is 9.98. The molecule has 1 N–H and O–H groups in total. The molecule has 106 valence electrons. The second-order valence-corrected chi connectivity index (χ2v) is 4.78. The Morgan fingerprint density at radius 1 is 1.20 bits per heavy atom. The molecule has 20 heavy (non-hydrogen) atoms. The van der Waals surface area contributed by atoms with Crippen LogP contribution in [0.15, 0.2) is 36.5 Å². The smallest absolute Gasteiger partial charge is 0.126 e. The molecule has 2 nitrogen and oxygen atoms in total. The van der Waals surface area contributed by atoms with E-state index in [1.165, 1.54) is 12.1 Å². The van der Waals surface area contributed by atoms with Gasteiger partial charge in [0.25, 0.3) is 0 Å². The largest absolute Gasteiger partial charge is 0.310 e. The summed E-state index contributed by atoms with van der Waals surface area (Å²) in [5.74, 6) is -0.789. The molecular weight excluding hydrogens is 258 g/mol. The fourth-order valence-corrected chi connectivity index (χ4v) is 2.26. The molecule has 1 atom stereocenters. The average molecular weight is 276 g/mol. The highest BCUT2D eigenvalue weighted by molar-refractivity contribution is 5.25. The molecule has 1 heterocycles. The van der Waals surface area contributed by atoms with Crippen LogP contribution >= 0.6 is 0 Å². The number of nitrogens with zero attached hydrogens (tertiary/aromatic N) is 1. The lowest BCUT2D eigenvalue weighted by Crippen LogP contribution is -2.23. The molecule has 0 saturated heterocycles. The van der Waals surface area contributed by atoms with Crippen LogP contribution in [0.3, 0.4) is 0 Å². The summed E-state index contributed by atoms with van der Waals surface area (Å²) in [5.41, 5.74) is 2.32. The van der Waals surface area contributed by atoms with E-state index in [0.717, 1.165) is 23.9 Å². The summed E-state index contributed by atoms with van der Waals surface area (Å²) in [6, 6.07) is 7.37. The number of aromatic nitrogens is 1. The molecule has 0 aliphatic carbocycles. The first-order valence-corrected chi connectivity index (χ1v) is 6.70. The third-order valence-electron chi connectivity index (χ3n) is 3.21. The van der Waals surface area contributed by atoms with Gasteiger partial charge in [0.1, 0.15) is 11.6 Å². The van der Waals surface area contributed by atoms with Crippen molar-refractivity contribution >= 4 is 0 Å². The van der Waals surface area contributed by atoms with E-state index in [4.69, 9.17) is 0 Å². The molecule has 0 aliphatic rings. The molecule has 1 aromatic carbocycles. The van der Waals surface area contributed by atoms with Gasteiger partial charge in [-0.15, -0.1) is 0 Å². The molecule has 0 aliphatic heterocycles. The van der Waals surface area contributed by atoms with Gasteiger partial charge in [-0.3, -0.25) is 4.98 Å². The van der Waals surface area contributed by atoms with Gasteiger partial charge in [-0.1, -0.05) is 6.92 Å². The van der Waals surface area contributed by atoms with Gasteiger partial charge in [-0.2, -0.15) is 0 Å². The molecule has 0 bridgehead atoms. The number of halogens is 2. The van der Waals surface area contributed by atoms with E-state index in [1.807, 2.05) is 26.0 Å². The van der Waals surface area contributed by atoms with Crippen molar-refractivity contribution < 1.29 is 8.78 Å². The molecule has 1 aromatic heterocycles. The molecule has 2 rings (SSSR count). The van der Waals surface area contributed by atoms with Gasteiger partial charge in [-0.05, 0) is 61.3 Å². The van der Waals surface area contributed by atoms with Crippen LogP contribution in [0.4, 0.5) is 8.78 Å². The first kappa shape index (κ1) is 14.6. The average Bonchev–Trinajstić information content (AvgIpc) is 2.42. The van der Waals surface area contributed by atoms with Crippen molar-refractivity contribution in [2.45, 2.75) is 26.3 Å². The number of benzene rings is 1. The van der Waals surface area contributed by atoms with Crippen LogP contribution in [-0.2, 0) is 6.42 Å². The van der Waals surface area contributed by atoms with E-state index in [-0.39, 0.29) is 11.9 Å².